The van der Waals surface area contributed by atoms with Crippen LogP contribution >= 0.6 is 11.6 Å². The van der Waals surface area contributed by atoms with Gasteiger partial charge >= 0.3 is 0 Å². The van der Waals surface area contributed by atoms with Gasteiger partial charge in [-0.15, -0.1) is 10.2 Å². The number of amides is 1. The van der Waals surface area contributed by atoms with Gasteiger partial charge in [-0.1, -0.05) is 23.7 Å². The number of hydrogen-bond donors (Lipinski definition) is 1. The molecule has 9 nitrogen and oxygen atoms in total. The van der Waals surface area contributed by atoms with E-state index in [-0.39, 0.29) is 17.5 Å². The third-order valence-electron chi connectivity index (χ3n) is 5.63. The number of nitrogens with zero attached hydrogens (tertiary/aromatic N) is 4. The topological polar surface area (TPSA) is 110 Å². The predicted molar refractivity (Wildman–Crippen MR) is 126 cm³/mol. The SMILES string of the molecule is COc1ccc([N+](=O)[O-])cc1NC(=O)C1CCN(c2ccc(-c3ccc(Cl)cc3)nn2)CC1. The number of carbonyl (C=O) groups is 1. The molecule has 33 heavy (non-hydrogen) atoms. The minimum atomic E-state index is -0.507. The Bertz CT molecular complexity index is 1150. The van der Waals surface area contributed by atoms with Crippen LogP contribution in [0.2, 0.25) is 5.02 Å². The molecule has 0 bridgehead atoms. The summed E-state index contributed by atoms with van der Waals surface area (Å²) in [5.74, 6) is 0.735. The van der Waals surface area contributed by atoms with Gasteiger partial charge in [0.25, 0.3) is 5.69 Å². The Hall–Kier alpha value is -3.72. The lowest BCUT2D eigenvalue weighted by Crippen LogP contribution is -2.38. The molecular formula is C23H22ClN5O4. The van der Waals surface area contributed by atoms with Crippen LogP contribution in [0.5, 0.6) is 5.75 Å². The summed E-state index contributed by atoms with van der Waals surface area (Å²) in [6.07, 6.45) is 1.26. The number of rotatable bonds is 6. The average Bonchev–Trinajstić information content (AvgIpc) is 2.84. The number of hydrogen-bond acceptors (Lipinski definition) is 7. The van der Waals surface area contributed by atoms with Crippen molar-refractivity contribution in [3.8, 4) is 17.0 Å². The van der Waals surface area contributed by atoms with Crippen molar-refractivity contribution in [1.29, 1.82) is 0 Å². The molecule has 1 aromatic heterocycles. The maximum absolute atomic E-state index is 12.8. The fourth-order valence-corrected chi connectivity index (χ4v) is 3.91. The highest BCUT2D eigenvalue weighted by Gasteiger charge is 2.27. The molecule has 0 unspecified atom stereocenters. The zero-order chi connectivity index (χ0) is 23.4. The third-order valence-corrected chi connectivity index (χ3v) is 5.88. The molecule has 1 aliphatic rings. The van der Waals surface area contributed by atoms with Crippen LogP contribution in [0.3, 0.4) is 0 Å². The number of anilines is 2. The van der Waals surface area contributed by atoms with Crippen molar-refractivity contribution < 1.29 is 14.5 Å². The highest BCUT2D eigenvalue weighted by molar-refractivity contribution is 6.30. The number of ether oxygens (including phenoxy) is 1. The number of benzene rings is 2. The van der Waals surface area contributed by atoms with E-state index in [1.165, 1.54) is 25.3 Å². The van der Waals surface area contributed by atoms with Crippen LogP contribution in [0.25, 0.3) is 11.3 Å². The van der Waals surface area contributed by atoms with Crippen molar-refractivity contribution in [2.75, 3.05) is 30.4 Å². The fraction of sp³-hybridized carbons (Fsp3) is 0.261. The number of carbonyl (C=O) groups excluding carboxylic acids is 1. The van der Waals surface area contributed by atoms with Gasteiger partial charge in [0.15, 0.2) is 5.82 Å². The third kappa shape index (κ3) is 5.20. The van der Waals surface area contributed by atoms with E-state index in [9.17, 15) is 14.9 Å². The molecule has 2 heterocycles. The number of nitrogens with one attached hydrogen (secondary N) is 1. The van der Waals surface area contributed by atoms with E-state index >= 15 is 0 Å². The highest BCUT2D eigenvalue weighted by Crippen LogP contribution is 2.31. The monoisotopic (exact) mass is 467 g/mol. The van der Waals surface area contributed by atoms with Gasteiger partial charge in [0.05, 0.1) is 23.4 Å². The molecule has 0 atom stereocenters. The zero-order valence-corrected chi connectivity index (χ0v) is 18.7. The lowest BCUT2D eigenvalue weighted by atomic mass is 9.95. The molecule has 2 aromatic carbocycles. The fourth-order valence-electron chi connectivity index (χ4n) is 3.78. The van der Waals surface area contributed by atoms with E-state index in [1.54, 1.807) is 0 Å². The van der Waals surface area contributed by atoms with Gasteiger partial charge in [0, 0.05) is 41.7 Å². The summed E-state index contributed by atoms with van der Waals surface area (Å²) in [6, 6.07) is 15.4. The first-order valence-corrected chi connectivity index (χ1v) is 10.8. The second-order valence-corrected chi connectivity index (χ2v) is 8.11. The lowest BCUT2D eigenvalue weighted by Gasteiger charge is -2.31. The number of methoxy groups -OCH3 is 1. The van der Waals surface area contributed by atoms with Crippen molar-refractivity contribution in [1.82, 2.24) is 10.2 Å². The Morgan fingerprint density at radius 2 is 1.85 bits per heavy atom. The van der Waals surface area contributed by atoms with Gasteiger partial charge in [-0.25, -0.2) is 0 Å². The van der Waals surface area contributed by atoms with Crippen LogP contribution < -0.4 is 15.0 Å². The molecule has 10 heteroatoms. The summed E-state index contributed by atoms with van der Waals surface area (Å²) in [6.45, 7) is 1.30. The number of aromatic nitrogens is 2. The summed E-state index contributed by atoms with van der Waals surface area (Å²) >= 11 is 5.94. The van der Waals surface area contributed by atoms with Crippen molar-refractivity contribution >= 4 is 34.7 Å². The second-order valence-electron chi connectivity index (χ2n) is 7.68. The molecule has 4 rings (SSSR count). The second kappa shape index (κ2) is 9.83. The van der Waals surface area contributed by atoms with Crippen molar-refractivity contribution in [3.05, 3.63) is 69.7 Å². The van der Waals surface area contributed by atoms with E-state index in [0.29, 0.717) is 42.4 Å². The van der Waals surface area contributed by atoms with E-state index in [4.69, 9.17) is 16.3 Å². The average molecular weight is 468 g/mol. The first kappa shape index (κ1) is 22.5. The molecule has 1 aliphatic heterocycles. The minimum absolute atomic E-state index is 0.110. The normalized spacial score (nSPS) is 14.1. The van der Waals surface area contributed by atoms with E-state index in [2.05, 4.69) is 20.4 Å². The molecule has 0 saturated carbocycles. The Morgan fingerprint density at radius 3 is 2.45 bits per heavy atom. The van der Waals surface area contributed by atoms with Crippen LogP contribution in [-0.4, -0.2) is 41.2 Å². The molecule has 1 N–H and O–H groups in total. The number of nitro groups is 1. The van der Waals surface area contributed by atoms with Crippen LogP contribution in [0.4, 0.5) is 17.2 Å². The van der Waals surface area contributed by atoms with Crippen molar-refractivity contribution in [3.63, 3.8) is 0 Å². The van der Waals surface area contributed by atoms with Crippen LogP contribution in [0, 0.1) is 16.0 Å². The van der Waals surface area contributed by atoms with Gasteiger partial charge < -0.3 is 15.0 Å². The highest BCUT2D eigenvalue weighted by atomic mass is 35.5. The largest absolute Gasteiger partial charge is 0.495 e. The van der Waals surface area contributed by atoms with Crippen LogP contribution in [0.1, 0.15) is 12.8 Å². The summed E-state index contributed by atoms with van der Waals surface area (Å²) in [5, 5.41) is 23.2. The molecule has 3 aromatic rings. The van der Waals surface area contributed by atoms with Crippen LogP contribution in [0.15, 0.2) is 54.6 Å². The Balaban J connectivity index is 1.37. The molecular weight excluding hydrogens is 446 g/mol. The smallest absolute Gasteiger partial charge is 0.271 e. The quantitative estimate of drug-likeness (QED) is 0.417. The van der Waals surface area contributed by atoms with Gasteiger partial charge in [-0.05, 0) is 43.2 Å². The predicted octanol–water partition coefficient (Wildman–Crippen LogP) is 4.57. The summed E-state index contributed by atoms with van der Waals surface area (Å²) in [5.41, 5.74) is 1.88. The Labute approximate surface area is 195 Å². The lowest BCUT2D eigenvalue weighted by molar-refractivity contribution is -0.384. The molecule has 0 aliphatic carbocycles. The minimum Gasteiger partial charge on any atom is -0.495 e. The summed E-state index contributed by atoms with van der Waals surface area (Å²) in [7, 11) is 1.45. The van der Waals surface area contributed by atoms with Crippen molar-refractivity contribution in [2.24, 2.45) is 5.92 Å². The van der Waals surface area contributed by atoms with Gasteiger partial charge in [-0.2, -0.15) is 0 Å². The number of nitro benzene ring substituents is 1. The van der Waals surface area contributed by atoms with Gasteiger partial charge in [-0.3, -0.25) is 14.9 Å². The first-order valence-electron chi connectivity index (χ1n) is 10.4. The Kier molecular flexibility index (Phi) is 6.69. The molecule has 0 radical (unpaired) electrons. The number of piperidine rings is 1. The van der Waals surface area contributed by atoms with E-state index < -0.39 is 4.92 Å². The number of non-ortho nitro benzene ring substituents is 1. The molecule has 1 saturated heterocycles. The maximum Gasteiger partial charge on any atom is 0.271 e. The van der Waals surface area contributed by atoms with Crippen molar-refractivity contribution in [2.45, 2.75) is 12.8 Å². The van der Waals surface area contributed by atoms with Gasteiger partial charge in [0.1, 0.15) is 5.75 Å². The zero-order valence-electron chi connectivity index (χ0n) is 17.9. The van der Waals surface area contributed by atoms with Gasteiger partial charge in [0.2, 0.25) is 5.91 Å². The molecule has 1 fully saturated rings. The standard InChI is InChI=1S/C23H22ClN5O4/c1-33-21-8-6-18(29(31)32)14-20(21)25-23(30)16-10-12-28(13-11-16)22-9-7-19(26-27-22)15-2-4-17(24)5-3-15/h2-9,14,16H,10-13H2,1H3,(H,25,30). The first-order chi connectivity index (χ1) is 15.9. The van der Waals surface area contributed by atoms with E-state index in [0.717, 1.165) is 17.1 Å². The molecule has 0 spiro atoms. The molecule has 170 valence electrons. The number of halogens is 1. The molecule has 1 amide bonds. The maximum atomic E-state index is 12.8. The summed E-state index contributed by atoms with van der Waals surface area (Å²) in [4.78, 5) is 25.4. The van der Waals surface area contributed by atoms with Crippen LogP contribution in [-0.2, 0) is 4.79 Å². The summed E-state index contributed by atoms with van der Waals surface area (Å²) < 4.78 is 5.22. The Morgan fingerprint density at radius 1 is 1.12 bits per heavy atom. The van der Waals surface area contributed by atoms with E-state index in [1.807, 2.05) is 36.4 Å².